The Morgan fingerprint density at radius 3 is 2.52 bits per heavy atom. The molecular weight excluding hydrogens is 296 g/mol. The summed E-state index contributed by atoms with van der Waals surface area (Å²) >= 11 is 0. The molecule has 0 aliphatic heterocycles. The Labute approximate surface area is 134 Å². The molecule has 1 amide bonds. The predicted octanol–water partition coefficient (Wildman–Crippen LogP) is 1.81. The average molecular weight is 318 g/mol. The molecule has 0 aliphatic carbocycles. The number of aryl methyl sites for hydroxylation is 3. The molecule has 2 aromatic rings. The van der Waals surface area contributed by atoms with E-state index in [0.29, 0.717) is 23.3 Å². The Kier molecular flexibility index (Phi) is 4.68. The van der Waals surface area contributed by atoms with Crippen molar-refractivity contribution in [3.8, 4) is 0 Å². The van der Waals surface area contributed by atoms with Gasteiger partial charge in [-0.3, -0.25) is 9.48 Å². The van der Waals surface area contributed by atoms with E-state index in [1.807, 2.05) is 20.8 Å². The molecule has 2 N–H and O–H groups in total. The number of hydrogen-bond acceptors (Lipinski definition) is 4. The van der Waals surface area contributed by atoms with E-state index in [1.165, 1.54) is 0 Å². The molecule has 0 bridgehead atoms. The van der Waals surface area contributed by atoms with Crippen LogP contribution in [0.3, 0.4) is 0 Å². The Morgan fingerprint density at radius 1 is 1.30 bits per heavy atom. The maximum absolute atomic E-state index is 12.5. The molecule has 0 radical (unpaired) electrons. The summed E-state index contributed by atoms with van der Waals surface area (Å²) in [6, 6.07) is 0.816. The fourth-order valence-electron chi connectivity index (χ4n) is 2.59. The smallest absolute Gasteiger partial charge is 0.326 e. The van der Waals surface area contributed by atoms with Crippen LogP contribution >= 0.6 is 0 Å². The molecule has 0 aliphatic rings. The van der Waals surface area contributed by atoms with Crippen molar-refractivity contribution >= 4 is 22.9 Å². The van der Waals surface area contributed by atoms with Gasteiger partial charge in [0.05, 0.1) is 17.0 Å². The number of aliphatic carboxylic acids is 1. The van der Waals surface area contributed by atoms with Crippen LogP contribution < -0.4 is 5.32 Å². The lowest BCUT2D eigenvalue weighted by atomic mass is 10.0. The third kappa shape index (κ3) is 3.49. The summed E-state index contributed by atoms with van der Waals surface area (Å²) in [6.07, 6.45) is 0.377. The Hall–Kier alpha value is -2.44. The van der Waals surface area contributed by atoms with E-state index in [2.05, 4.69) is 15.4 Å². The van der Waals surface area contributed by atoms with Gasteiger partial charge in [0.2, 0.25) is 0 Å². The van der Waals surface area contributed by atoms with Crippen molar-refractivity contribution in [2.45, 2.75) is 40.2 Å². The normalized spacial score (nSPS) is 12.6. The number of amides is 1. The van der Waals surface area contributed by atoms with Gasteiger partial charge in [0.1, 0.15) is 6.04 Å². The molecule has 0 saturated carbocycles. The van der Waals surface area contributed by atoms with Gasteiger partial charge in [-0.1, -0.05) is 13.8 Å². The van der Waals surface area contributed by atoms with Crippen molar-refractivity contribution in [1.82, 2.24) is 20.1 Å². The number of hydrogen-bond donors (Lipinski definition) is 2. The summed E-state index contributed by atoms with van der Waals surface area (Å²) in [5, 5.41) is 16.9. The van der Waals surface area contributed by atoms with Crippen LogP contribution in [0, 0.1) is 19.8 Å². The van der Waals surface area contributed by atoms with E-state index in [-0.39, 0.29) is 5.92 Å². The lowest BCUT2D eigenvalue weighted by molar-refractivity contribution is -0.139. The Morgan fingerprint density at radius 2 is 1.96 bits per heavy atom. The minimum atomic E-state index is -1.03. The highest BCUT2D eigenvalue weighted by molar-refractivity contribution is 6.00. The van der Waals surface area contributed by atoms with Gasteiger partial charge in [-0.15, -0.1) is 0 Å². The molecule has 0 spiro atoms. The topological polar surface area (TPSA) is 97.1 Å². The monoisotopic (exact) mass is 318 g/mol. The summed E-state index contributed by atoms with van der Waals surface area (Å²) in [5.41, 5.74) is 2.41. The lowest BCUT2D eigenvalue weighted by Crippen LogP contribution is -2.41. The van der Waals surface area contributed by atoms with E-state index in [1.54, 1.807) is 24.7 Å². The molecule has 0 aromatic carbocycles. The van der Waals surface area contributed by atoms with Crippen LogP contribution in [0.4, 0.5) is 0 Å². The van der Waals surface area contributed by atoms with Crippen molar-refractivity contribution < 1.29 is 14.7 Å². The van der Waals surface area contributed by atoms with Crippen molar-refractivity contribution in [2.24, 2.45) is 13.0 Å². The van der Waals surface area contributed by atoms with Crippen molar-refractivity contribution in [2.75, 3.05) is 0 Å². The maximum Gasteiger partial charge on any atom is 0.326 e. The highest BCUT2D eigenvalue weighted by Gasteiger charge is 2.23. The molecule has 0 saturated heterocycles. The molecule has 1 atom stereocenters. The fourth-order valence-corrected chi connectivity index (χ4v) is 2.59. The van der Waals surface area contributed by atoms with Gasteiger partial charge in [-0.2, -0.15) is 5.10 Å². The van der Waals surface area contributed by atoms with E-state index in [9.17, 15) is 14.7 Å². The van der Waals surface area contributed by atoms with Gasteiger partial charge in [-0.25, -0.2) is 9.78 Å². The summed E-state index contributed by atoms with van der Waals surface area (Å²) in [5.74, 6) is -1.29. The SMILES string of the molecule is Cc1nc2c(cc1C(=O)N[C@@H](CC(C)C)C(=O)O)c(C)nn2C. The molecule has 23 heavy (non-hydrogen) atoms. The summed E-state index contributed by atoms with van der Waals surface area (Å²) in [4.78, 5) is 28.2. The van der Waals surface area contributed by atoms with E-state index >= 15 is 0 Å². The van der Waals surface area contributed by atoms with Crippen LogP contribution in [0.1, 0.15) is 42.0 Å². The first-order valence-corrected chi connectivity index (χ1v) is 7.55. The third-order valence-corrected chi connectivity index (χ3v) is 3.74. The molecule has 2 aromatic heterocycles. The molecular formula is C16H22N4O3. The van der Waals surface area contributed by atoms with Crippen molar-refractivity contribution in [1.29, 1.82) is 0 Å². The van der Waals surface area contributed by atoms with Crippen molar-refractivity contribution in [3.63, 3.8) is 0 Å². The fraction of sp³-hybridized carbons (Fsp3) is 0.500. The average Bonchev–Trinajstić information content (AvgIpc) is 2.71. The third-order valence-electron chi connectivity index (χ3n) is 3.74. The zero-order chi connectivity index (χ0) is 17.3. The minimum Gasteiger partial charge on any atom is -0.480 e. The standard InChI is InChI=1S/C16H22N4O3/c1-8(2)6-13(16(22)23)18-15(21)12-7-11-10(4)19-20(5)14(11)17-9(12)3/h7-8,13H,6H2,1-5H3,(H,18,21)(H,22,23)/t13-/m0/s1. The van der Waals surface area contributed by atoms with E-state index < -0.39 is 17.9 Å². The minimum absolute atomic E-state index is 0.165. The number of carboxylic acids is 1. The number of nitrogens with zero attached hydrogens (tertiary/aromatic N) is 3. The number of carboxylic acid groups (broad SMARTS) is 1. The first kappa shape index (κ1) is 16.9. The van der Waals surface area contributed by atoms with Gasteiger partial charge < -0.3 is 10.4 Å². The van der Waals surface area contributed by atoms with E-state index in [4.69, 9.17) is 0 Å². The number of carbonyl (C=O) groups is 2. The number of rotatable bonds is 5. The molecule has 7 heteroatoms. The van der Waals surface area contributed by atoms with Gasteiger partial charge in [0.25, 0.3) is 5.91 Å². The molecule has 2 rings (SSSR count). The Balaban J connectivity index is 2.35. The summed E-state index contributed by atoms with van der Waals surface area (Å²) in [7, 11) is 1.80. The van der Waals surface area contributed by atoms with E-state index in [0.717, 1.165) is 11.1 Å². The second-order valence-electron chi connectivity index (χ2n) is 6.20. The van der Waals surface area contributed by atoms with Gasteiger partial charge in [-0.05, 0) is 32.3 Å². The maximum atomic E-state index is 12.5. The highest BCUT2D eigenvalue weighted by atomic mass is 16.4. The Bertz CT molecular complexity index is 764. The molecule has 124 valence electrons. The summed E-state index contributed by atoms with van der Waals surface area (Å²) < 4.78 is 1.66. The predicted molar refractivity (Wildman–Crippen MR) is 86.3 cm³/mol. The van der Waals surface area contributed by atoms with Gasteiger partial charge >= 0.3 is 5.97 Å². The second kappa shape index (κ2) is 6.36. The van der Waals surface area contributed by atoms with Gasteiger partial charge in [0, 0.05) is 12.4 Å². The quantitative estimate of drug-likeness (QED) is 0.876. The molecule has 0 unspecified atom stereocenters. The summed E-state index contributed by atoms with van der Waals surface area (Å²) in [6.45, 7) is 7.41. The number of nitrogens with one attached hydrogen (secondary N) is 1. The molecule has 2 heterocycles. The van der Waals surface area contributed by atoms with Crippen LogP contribution in [-0.4, -0.2) is 37.8 Å². The van der Waals surface area contributed by atoms with Crippen LogP contribution in [0.5, 0.6) is 0 Å². The number of aromatic nitrogens is 3. The first-order chi connectivity index (χ1) is 10.7. The van der Waals surface area contributed by atoms with Crippen molar-refractivity contribution in [3.05, 3.63) is 23.0 Å². The number of carbonyl (C=O) groups excluding carboxylic acids is 1. The lowest BCUT2D eigenvalue weighted by Gasteiger charge is -2.17. The number of fused-ring (bicyclic) bond motifs is 1. The zero-order valence-electron chi connectivity index (χ0n) is 14.0. The largest absolute Gasteiger partial charge is 0.480 e. The number of pyridine rings is 1. The highest BCUT2D eigenvalue weighted by Crippen LogP contribution is 2.19. The molecule has 0 fully saturated rings. The second-order valence-corrected chi connectivity index (χ2v) is 6.20. The van der Waals surface area contributed by atoms with Crippen LogP contribution in [0.25, 0.3) is 11.0 Å². The van der Waals surface area contributed by atoms with Gasteiger partial charge in [0.15, 0.2) is 5.65 Å². The van der Waals surface area contributed by atoms with Crippen LogP contribution in [-0.2, 0) is 11.8 Å². The molecule has 7 nitrogen and oxygen atoms in total. The van der Waals surface area contributed by atoms with Crippen LogP contribution in [0.15, 0.2) is 6.07 Å². The zero-order valence-corrected chi connectivity index (χ0v) is 14.0. The van der Waals surface area contributed by atoms with Crippen LogP contribution in [0.2, 0.25) is 0 Å². The first-order valence-electron chi connectivity index (χ1n) is 7.55.